The Hall–Kier alpha value is -0.650. The Morgan fingerprint density at radius 1 is 1.33 bits per heavy atom. The van der Waals surface area contributed by atoms with Crippen molar-refractivity contribution in [1.29, 1.82) is 0 Å². The van der Waals surface area contributed by atoms with E-state index in [1.807, 2.05) is 11.3 Å². The van der Waals surface area contributed by atoms with Gasteiger partial charge in [0.25, 0.3) is 0 Å². The molecule has 1 aliphatic heterocycles. The summed E-state index contributed by atoms with van der Waals surface area (Å²) in [5.74, 6) is 0. The highest BCUT2D eigenvalue weighted by atomic mass is 32.1. The smallest absolute Gasteiger partial charge is 0.185 e. The number of nitrogens with zero attached hydrogens (tertiary/aromatic N) is 2. The van der Waals surface area contributed by atoms with Crippen LogP contribution in [0.5, 0.6) is 0 Å². The molecule has 0 unspecified atom stereocenters. The summed E-state index contributed by atoms with van der Waals surface area (Å²) >= 11 is 1.84. The van der Waals surface area contributed by atoms with Crippen LogP contribution in [-0.2, 0) is 17.7 Å². The van der Waals surface area contributed by atoms with Gasteiger partial charge in [-0.1, -0.05) is 13.8 Å². The molecule has 1 aromatic rings. The lowest BCUT2D eigenvalue weighted by Gasteiger charge is -2.26. The number of thiazole rings is 1. The van der Waals surface area contributed by atoms with Crippen LogP contribution in [0.3, 0.4) is 0 Å². The second-order valence-electron chi connectivity index (χ2n) is 4.50. The molecule has 1 N–H and O–H groups in total. The predicted octanol–water partition coefficient (Wildman–Crippen LogP) is 2.04. The van der Waals surface area contributed by atoms with Gasteiger partial charge in [-0.25, -0.2) is 4.98 Å². The average molecular weight is 269 g/mol. The van der Waals surface area contributed by atoms with Crippen molar-refractivity contribution in [2.24, 2.45) is 0 Å². The fourth-order valence-corrected chi connectivity index (χ4v) is 3.22. The highest BCUT2D eigenvalue weighted by molar-refractivity contribution is 7.15. The Balaban J connectivity index is 2.02. The summed E-state index contributed by atoms with van der Waals surface area (Å²) in [4.78, 5) is 8.52. The van der Waals surface area contributed by atoms with Crippen LogP contribution in [0.4, 0.5) is 5.13 Å². The fourth-order valence-electron chi connectivity index (χ4n) is 2.05. The summed E-state index contributed by atoms with van der Waals surface area (Å²) < 4.78 is 5.39. The Morgan fingerprint density at radius 3 is 2.78 bits per heavy atom. The summed E-state index contributed by atoms with van der Waals surface area (Å²) in [7, 11) is 0. The molecule has 5 heteroatoms. The standard InChI is InChI=1S/C13H23N3OS/c1-3-5-14-10-12-11(4-2)15-13(18-12)16-6-8-17-9-7-16/h14H,3-10H2,1-2H3. The number of hydrogen-bond acceptors (Lipinski definition) is 5. The third-order valence-corrected chi connectivity index (χ3v) is 4.25. The van der Waals surface area contributed by atoms with Gasteiger partial charge in [0.15, 0.2) is 5.13 Å². The molecule has 1 saturated heterocycles. The number of nitrogens with one attached hydrogen (secondary N) is 1. The summed E-state index contributed by atoms with van der Waals surface area (Å²) in [5, 5.41) is 4.64. The van der Waals surface area contributed by atoms with Crippen molar-refractivity contribution in [2.75, 3.05) is 37.7 Å². The fraction of sp³-hybridized carbons (Fsp3) is 0.769. The molecule has 2 rings (SSSR count). The Morgan fingerprint density at radius 2 is 2.11 bits per heavy atom. The number of rotatable bonds is 6. The average Bonchev–Trinajstić information content (AvgIpc) is 2.83. The van der Waals surface area contributed by atoms with Crippen LogP contribution >= 0.6 is 11.3 Å². The van der Waals surface area contributed by atoms with Crippen molar-refractivity contribution in [3.05, 3.63) is 10.6 Å². The number of aromatic nitrogens is 1. The van der Waals surface area contributed by atoms with Crippen molar-refractivity contribution < 1.29 is 4.74 Å². The van der Waals surface area contributed by atoms with E-state index in [9.17, 15) is 0 Å². The van der Waals surface area contributed by atoms with Gasteiger partial charge < -0.3 is 15.0 Å². The van der Waals surface area contributed by atoms with Gasteiger partial charge in [-0.2, -0.15) is 0 Å². The van der Waals surface area contributed by atoms with Crippen molar-refractivity contribution in [1.82, 2.24) is 10.3 Å². The van der Waals surface area contributed by atoms with E-state index in [4.69, 9.17) is 9.72 Å². The van der Waals surface area contributed by atoms with E-state index in [0.29, 0.717) is 0 Å². The van der Waals surface area contributed by atoms with Crippen LogP contribution in [0.1, 0.15) is 30.8 Å². The highest BCUT2D eigenvalue weighted by Gasteiger charge is 2.17. The third-order valence-electron chi connectivity index (χ3n) is 3.10. The summed E-state index contributed by atoms with van der Waals surface area (Å²) in [6.07, 6.45) is 2.20. The largest absolute Gasteiger partial charge is 0.378 e. The van der Waals surface area contributed by atoms with Gasteiger partial charge in [-0.05, 0) is 19.4 Å². The normalized spacial score (nSPS) is 16.2. The van der Waals surface area contributed by atoms with E-state index >= 15 is 0 Å². The molecule has 1 aliphatic rings. The molecular weight excluding hydrogens is 246 g/mol. The van der Waals surface area contributed by atoms with Crippen molar-refractivity contribution >= 4 is 16.5 Å². The van der Waals surface area contributed by atoms with Crippen LogP contribution in [0.2, 0.25) is 0 Å². The van der Waals surface area contributed by atoms with Crippen LogP contribution in [0, 0.1) is 0 Å². The lowest BCUT2D eigenvalue weighted by atomic mass is 10.3. The van der Waals surface area contributed by atoms with Gasteiger partial charge in [-0.15, -0.1) is 11.3 Å². The van der Waals surface area contributed by atoms with E-state index in [1.54, 1.807) is 0 Å². The third kappa shape index (κ3) is 3.43. The van der Waals surface area contributed by atoms with Crippen LogP contribution in [0.15, 0.2) is 0 Å². The van der Waals surface area contributed by atoms with Gasteiger partial charge >= 0.3 is 0 Å². The molecule has 4 nitrogen and oxygen atoms in total. The van der Waals surface area contributed by atoms with E-state index in [0.717, 1.165) is 45.8 Å². The number of ether oxygens (including phenoxy) is 1. The van der Waals surface area contributed by atoms with Crippen molar-refractivity contribution in [3.63, 3.8) is 0 Å². The second-order valence-corrected chi connectivity index (χ2v) is 5.56. The second kappa shape index (κ2) is 7.07. The minimum Gasteiger partial charge on any atom is -0.378 e. The van der Waals surface area contributed by atoms with Crippen LogP contribution in [-0.4, -0.2) is 37.8 Å². The molecule has 0 bridgehead atoms. The maximum absolute atomic E-state index is 5.39. The molecule has 0 spiro atoms. The first-order valence-corrected chi connectivity index (χ1v) is 7.68. The maximum Gasteiger partial charge on any atom is 0.185 e. The monoisotopic (exact) mass is 269 g/mol. The first-order valence-electron chi connectivity index (χ1n) is 6.87. The minimum absolute atomic E-state index is 0.824. The molecule has 2 heterocycles. The molecule has 0 atom stereocenters. The van der Waals surface area contributed by atoms with Gasteiger partial charge in [0, 0.05) is 24.5 Å². The van der Waals surface area contributed by atoms with E-state index in [-0.39, 0.29) is 0 Å². The van der Waals surface area contributed by atoms with E-state index in [2.05, 4.69) is 24.1 Å². The lowest BCUT2D eigenvalue weighted by molar-refractivity contribution is 0.122. The zero-order valence-electron chi connectivity index (χ0n) is 11.4. The number of morpholine rings is 1. The molecule has 0 aliphatic carbocycles. The number of anilines is 1. The highest BCUT2D eigenvalue weighted by Crippen LogP contribution is 2.27. The van der Waals surface area contributed by atoms with Gasteiger partial charge in [0.05, 0.1) is 18.9 Å². The molecular formula is C13H23N3OS. The van der Waals surface area contributed by atoms with Crippen LogP contribution < -0.4 is 10.2 Å². The van der Waals surface area contributed by atoms with Gasteiger partial charge in [-0.3, -0.25) is 0 Å². The number of aryl methyl sites for hydroxylation is 1. The summed E-state index contributed by atoms with van der Waals surface area (Å²) in [6, 6.07) is 0. The topological polar surface area (TPSA) is 37.4 Å². The molecule has 0 amide bonds. The van der Waals surface area contributed by atoms with Crippen LogP contribution in [0.25, 0.3) is 0 Å². The zero-order valence-corrected chi connectivity index (χ0v) is 12.2. The summed E-state index contributed by atoms with van der Waals surface area (Å²) in [6.45, 7) is 10.00. The van der Waals surface area contributed by atoms with E-state index < -0.39 is 0 Å². The first kappa shape index (κ1) is 13.8. The molecule has 18 heavy (non-hydrogen) atoms. The molecule has 0 radical (unpaired) electrons. The molecule has 102 valence electrons. The Labute approximate surface area is 113 Å². The van der Waals surface area contributed by atoms with Crippen molar-refractivity contribution in [3.8, 4) is 0 Å². The Kier molecular flexibility index (Phi) is 5.41. The first-order chi connectivity index (χ1) is 8.85. The van der Waals surface area contributed by atoms with Crippen molar-refractivity contribution in [2.45, 2.75) is 33.2 Å². The minimum atomic E-state index is 0.824. The molecule has 0 saturated carbocycles. The molecule has 0 aromatic carbocycles. The quantitative estimate of drug-likeness (QED) is 0.802. The lowest BCUT2D eigenvalue weighted by Crippen LogP contribution is -2.36. The predicted molar refractivity (Wildman–Crippen MR) is 76.5 cm³/mol. The Bertz CT molecular complexity index is 361. The van der Waals surface area contributed by atoms with Gasteiger partial charge in [0.1, 0.15) is 0 Å². The molecule has 1 aromatic heterocycles. The summed E-state index contributed by atoms with van der Waals surface area (Å²) in [5.41, 5.74) is 1.25. The van der Waals surface area contributed by atoms with E-state index in [1.165, 1.54) is 22.1 Å². The molecule has 1 fully saturated rings. The SMILES string of the molecule is CCCNCc1sc(N2CCOCC2)nc1CC. The zero-order chi connectivity index (χ0) is 12.8. The maximum atomic E-state index is 5.39. The number of hydrogen-bond donors (Lipinski definition) is 1. The van der Waals surface area contributed by atoms with Gasteiger partial charge in [0.2, 0.25) is 0 Å².